The lowest BCUT2D eigenvalue weighted by atomic mass is 9.91. The highest BCUT2D eigenvalue weighted by Gasteiger charge is 2.22. The molecule has 0 spiro atoms. The molecule has 0 atom stereocenters. The number of fused-ring (bicyclic) bond motifs is 2. The molecule has 3 heteroatoms. The van der Waals surface area contributed by atoms with Gasteiger partial charge in [-0.25, -0.2) is 0 Å². The normalized spacial score (nSPS) is 14.3. The zero-order valence-corrected chi connectivity index (χ0v) is 16.4. The Morgan fingerprint density at radius 1 is 0.963 bits per heavy atom. The molecule has 0 unspecified atom stereocenters. The van der Waals surface area contributed by atoms with Crippen molar-refractivity contribution in [3.05, 3.63) is 72.3 Å². The average Bonchev–Trinajstić information content (AvgIpc) is 2.62. The Balaban J connectivity index is 0.000000166. The van der Waals surface area contributed by atoms with E-state index in [0.717, 1.165) is 16.5 Å². The highest BCUT2D eigenvalue weighted by Crippen LogP contribution is 2.35. The number of nitrogens with one attached hydrogen (secondary N) is 1. The van der Waals surface area contributed by atoms with Crippen molar-refractivity contribution in [3.63, 3.8) is 0 Å². The van der Waals surface area contributed by atoms with E-state index in [-0.39, 0.29) is 5.54 Å². The summed E-state index contributed by atoms with van der Waals surface area (Å²) in [6.07, 6.45) is 2.26. The van der Waals surface area contributed by atoms with Crippen molar-refractivity contribution in [3.8, 4) is 11.5 Å². The van der Waals surface area contributed by atoms with E-state index < -0.39 is 0 Å². The quantitative estimate of drug-likeness (QED) is 0.568. The molecule has 4 rings (SSSR count). The van der Waals surface area contributed by atoms with E-state index >= 15 is 0 Å². The van der Waals surface area contributed by atoms with E-state index in [4.69, 9.17) is 9.84 Å². The summed E-state index contributed by atoms with van der Waals surface area (Å²) in [5.41, 5.74) is 3.77. The van der Waals surface area contributed by atoms with Crippen LogP contribution in [0.25, 0.3) is 16.3 Å². The first-order valence-corrected chi connectivity index (χ1v) is 9.30. The largest absolute Gasteiger partial charge is 0.508 e. The molecule has 1 aliphatic rings. The monoisotopic (exact) mass is 361 g/mol. The summed E-state index contributed by atoms with van der Waals surface area (Å²) >= 11 is 0. The summed E-state index contributed by atoms with van der Waals surface area (Å²) in [4.78, 5) is 0. The minimum Gasteiger partial charge on any atom is -0.508 e. The van der Waals surface area contributed by atoms with Gasteiger partial charge in [0.05, 0.1) is 12.1 Å². The molecule has 1 heterocycles. The third-order valence-electron chi connectivity index (χ3n) is 4.49. The lowest BCUT2D eigenvalue weighted by molar-refractivity contribution is 0.340. The number of rotatable bonds is 2. The molecule has 140 valence electrons. The molecule has 0 fully saturated rings. The molecule has 1 aliphatic heterocycles. The van der Waals surface area contributed by atoms with Crippen molar-refractivity contribution in [2.45, 2.75) is 33.2 Å². The summed E-state index contributed by atoms with van der Waals surface area (Å²) in [5, 5.41) is 14.9. The fourth-order valence-corrected chi connectivity index (χ4v) is 3.39. The predicted molar refractivity (Wildman–Crippen MR) is 115 cm³/mol. The van der Waals surface area contributed by atoms with Gasteiger partial charge in [-0.15, -0.1) is 0 Å². The zero-order chi connectivity index (χ0) is 19.4. The molecular formula is C24H27NO2. The lowest BCUT2D eigenvalue weighted by Crippen LogP contribution is -2.31. The number of anilines is 1. The average molecular weight is 361 g/mol. The second kappa shape index (κ2) is 7.75. The van der Waals surface area contributed by atoms with Crippen LogP contribution in [0.4, 0.5) is 5.69 Å². The van der Waals surface area contributed by atoms with E-state index in [1.165, 1.54) is 16.8 Å². The second-order valence-electron chi connectivity index (χ2n) is 7.35. The Hall–Kier alpha value is -2.94. The van der Waals surface area contributed by atoms with Crippen LogP contribution in [0.1, 0.15) is 33.3 Å². The first-order chi connectivity index (χ1) is 12.9. The van der Waals surface area contributed by atoms with Gasteiger partial charge in [-0.3, -0.25) is 0 Å². The summed E-state index contributed by atoms with van der Waals surface area (Å²) in [6, 6.07) is 19.5. The van der Waals surface area contributed by atoms with Crippen LogP contribution in [0.3, 0.4) is 0 Å². The molecule has 3 aromatic rings. The smallest absolute Gasteiger partial charge is 0.120 e. The van der Waals surface area contributed by atoms with Gasteiger partial charge in [0.25, 0.3) is 0 Å². The minimum absolute atomic E-state index is 0.0320. The molecule has 0 aliphatic carbocycles. The van der Waals surface area contributed by atoms with Crippen LogP contribution in [0.15, 0.2) is 66.7 Å². The highest BCUT2D eigenvalue weighted by molar-refractivity contribution is 5.83. The Morgan fingerprint density at radius 3 is 2.44 bits per heavy atom. The molecular weight excluding hydrogens is 334 g/mol. The van der Waals surface area contributed by atoms with Gasteiger partial charge in [-0.1, -0.05) is 36.4 Å². The fourth-order valence-electron chi connectivity index (χ4n) is 3.39. The number of benzene rings is 3. The molecule has 27 heavy (non-hydrogen) atoms. The molecule has 0 aromatic heterocycles. The van der Waals surface area contributed by atoms with Gasteiger partial charge >= 0.3 is 0 Å². The van der Waals surface area contributed by atoms with Gasteiger partial charge < -0.3 is 15.2 Å². The maximum Gasteiger partial charge on any atom is 0.120 e. The first-order valence-electron chi connectivity index (χ1n) is 9.30. The maximum atomic E-state index is 9.13. The van der Waals surface area contributed by atoms with Gasteiger partial charge in [-0.2, -0.15) is 0 Å². The van der Waals surface area contributed by atoms with Crippen LogP contribution < -0.4 is 10.1 Å². The number of allylic oxidation sites excluding steroid dienone is 1. The number of aromatic hydroxyl groups is 1. The Kier molecular flexibility index (Phi) is 5.41. The second-order valence-corrected chi connectivity index (χ2v) is 7.35. The molecule has 3 aromatic carbocycles. The number of hydrogen-bond donors (Lipinski definition) is 2. The SMILES string of the molecule is CCOc1ccc2c(c1)C(C)=CC(C)(C)N2.Oc1ccc2ccccc2c1. The molecule has 0 radical (unpaired) electrons. The third kappa shape index (κ3) is 4.62. The molecule has 3 nitrogen and oxygen atoms in total. The zero-order valence-electron chi connectivity index (χ0n) is 16.4. The van der Waals surface area contributed by atoms with Gasteiger partial charge in [0.1, 0.15) is 11.5 Å². The van der Waals surface area contributed by atoms with E-state index in [2.05, 4.69) is 44.3 Å². The highest BCUT2D eigenvalue weighted by atomic mass is 16.5. The maximum absolute atomic E-state index is 9.13. The van der Waals surface area contributed by atoms with Crippen molar-refractivity contribution >= 4 is 22.0 Å². The van der Waals surface area contributed by atoms with Crippen LogP contribution in [0.2, 0.25) is 0 Å². The number of hydrogen-bond acceptors (Lipinski definition) is 3. The van der Waals surface area contributed by atoms with E-state index in [9.17, 15) is 0 Å². The van der Waals surface area contributed by atoms with Gasteiger partial charge in [-0.05, 0) is 74.4 Å². The van der Waals surface area contributed by atoms with Crippen LogP contribution in [-0.2, 0) is 0 Å². The number of phenols is 1. The summed E-state index contributed by atoms with van der Waals surface area (Å²) in [6.45, 7) is 9.22. The Morgan fingerprint density at radius 2 is 1.70 bits per heavy atom. The molecule has 0 saturated heterocycles. The Bertz CT molecular complexity index is 973. The predicted octanol–water partition coefficient (Wildman–Crippen LogP) is 6.24. The first kappa shape index (κ1) is 18.8. The lowest BCUT2D eigenvalue weighted by Gasteiger charge is -2.31. The van der Waals surface area contributed by atoms with E-state index in [1.54, 1.807) is 12.1 Å². The molecule has 0 amide bonds. The van der Waals surface area contributed by atoms with Gasteiger partial charge in [0.2, 0.25) is 0 Å². The molecule has 0 bridgehead atoms. The van der Waals surface area contributed by atoms with Crippen LogP contribution >= 0.6 is 0 Å². The van der Waals surface area contributed by atoms with Crippen molar-refractivity contribution in [2.24, 2.45) is 0 Å². The van der Waals surface area contributed by atoms with Crippen LogP contribution in [0.5, 0.6) is 11.5 Å². The van der Waals surface area contributed by atoms with E-state index in [1.807, 2.05) is 43.3 Å². The van der Waals surface area contributed by atoms with Gasteiger partial charge in [0.15, 0.2) is 0 Å². The van der Waals surface area contributed by atoms with E-state index in [0.29, 0.717) is 12.4 Å². The van der Waals surface area contributed by atoms with Gasteiger partial charge in [0, 0.05) is 11.3 Å². The van der Waals surface area contributed by atoms with Crippen molar-refractivity contribution in [2.75, 3.05) is 11.9 Å². The Labute approximate surface area is 161 Å². The fraction of sp³-hybridized carbons (Fsp3) is 0.250. The van der Waals surface area contributed by atoms with Crippen molar-refractivity contribution < 1.29 is 9.84 Å². The van der Waals surface area contributed by atoms with Crippen molar-refractivity contribution in [1.82, 2.24) is 0 Å². The summed E-state index contributed by atoms with van der Waals surface area (Å²) in [7, 11) is 0. The standard InChI is InChI=1S/C14H19NO.C10H8O/c1-5-16-11-6-7-13-12(8-11)10(2)9-14(3,4)15-13;11-10-6-5-8-3-1-2-4-9(8)7-10/h6-9,15H,5H2,1-4H3;1-7,11H. The third-order valence-corrected chi connectivity index (χ3v) is 4.49. The number of ether oxygens (including phenoxy) is 1. The summed E-state index contributed by atoms with van der Waals surface area (Å²) in [5.74, 6) is 1.26. The summed E-state index contributed by atoms with van der Waals surface area (Å²) < 4.78 is 5.52. The van der Waals surface area contributed by atoms with Crippen molar-refractivity contribution in [1.29, 1.82) is 0 Å². The van der Waals surface area contributed by atoms with Crippen LogP contribution in [0, 0.1) is 0 Å². The number of phenolic OH excluding ortho intramolecular Hbond substituents is 1. The van der Waals surface area contributed by atoms with Crippen LogP contribution in [-0.4, -0.2) is 17.3 Å². The molecule has 2 N–H and O–H groups in total. The molecule has 0 saturated carbocycles. The topological polar surface area (TPSA) is 41.5 Å². The minimum atomic E-state index is 0.0320.